The number of imidazole rings is 1. The molecule has 0 bridgehead atoms. The molecule has 7 heteroatoms. The molecule has 0 saturated heterocycles. The van der Waals surface area contributed by atoms with E-state index in [4.69, 9.17) is 28.3 Å². The maximum atomic E-state index is 10.4. The number of aromatic amines is 1. The molecule has 0 radical (unpaired) electrons. The number of thioether (sulfide) groups is 1. The Morgan fingerprint density at radius 3 is 2.94 bits per heavy atom. The fourth-order valence-electron chi connectivity index (χ4n) is 1.22. The Kier molecular flexibility index (Phi) is 3.28. The summed E-state index contributed by atoms with van der Waals surface area (Å²) >= 11 is 12.9. The topological polar surface area (TPSA) is 66.0 Å². The third-order valence-electron chi connectivity index (χ3n) is 1.82. The van der Waals surface area contributed by atoms with E-state index in [9.17, 15) is 4.79 Å². The number of halogens is 2. The molecule has 2 aromatic rings. The molecule has 0 fully saturated rings. The zero-order valence-electron chi connectivity index (χ0n) is 7.83. The van der Waals surface area contributed by atoms with E-state index in [2.05, 4.69) is 9.97 Å². The quantitative estimate of drug-likeness (QED) is 0.846. The van der Waals surface area contributed by atoms with Gasteiger partial charge in [-0.15, -0.1) is 0 Å². The van der Waals surface area contributed by atoms with E-state index >= 15 is 0 Å². The Hall–Kier alpha value is -0.910. The number of nitrogens with zero attached hydrogens (tertiary/aromatic N) is 1. The van der Waals surface area contributed by atoms with Crippen molar-refractivity contribution in [2.45, 2.75) is 5.16 Å². The summed E-state index contributed by atoms with van der Waals surface area (Å²) < 4.78 is 0. The molecule has 0 unspecified atom stereocenters. The lowest BCUT2D eigenvalue weighted by atomic mass is 10.3. The maximum absolute atomic E-state index is 10.4. The fourth-order valence-corrected chi connectivity index (χ4v) is 2.35. The SMILES string of the molecule is O=C(O)CSc1nc2c(Cl)cc(Cl)cc2[nH]1. The van der Waals surface area contributed by atoms with Crippen molar-refractivity contribution in [3.8, 4) is 0 Å². The molecule has 0 aliphatic heterocycles. The van der Waals surface area contributed by atoms with E-state index in [1.54, 1.807) is 12.1 Å². The summed E-state index contributed by atoms with van der Waals surface area (Å²) in [4.78, 5) is 17.5. The number of aromatic nitrogens is 2. The number of benzene rings is 1. The van der Waals surface area contributed by atoms with Gasteiger partial charge in [0.05, 0.1) is 16.3 Å². The Balaban J connectivity index is 2.36. The second-order valence-corrected chi connectivity index (χ2v) is 4.82. The number of carboxylic acids is 1. The van der Waals surface area contributed by atoms with Gasteiger partial charge in [0.2, 0.25) is 0 Å². The van der Waals surface area contributed by atoms with E-state index in [1.165, 1.54) is 0 Å². The van der Waals surface area contributed by atoms with Crippen molar-refractivity contribution < 1.29 is 9.90 Å². The average Bonchev–Trinajstić information content (AvgIpc) is 2.57. The highest BCUT2D eigenvalue weighted by Crippen LogP contribution is 2.28. The van der Waals surface area contributed by atoms with Crippen LogP contribution in [0.3, 0.4) is 0 Å². The number of rotatable bonds is 3. The van der Waals surface area contributed by atoms with Gasteiger partial charge in [-0.2, -0.15) is 0 Å². The predicted octanol–water partition coefficient (Wildman–Crippen LogP) is 3.05. The van der Waals surface area contributed by atoms with Crippen LogP contribution in [0.25, 0.3) is 11.0 Å². The smallest absolute Gasteiger partial charge is 0.313 e. The number of carbonyl (C=O) groups is 1. The van der Waals surface area contributed by atoms with Gasteiger partial charge in [0.15, 0.2) is 5.16 Å². The summed E-state index contributed by atoms with van der Waals surface area (Å²) in [6.07, 6.45) is 0. The fraction of sp³-hybridized carbons (Fsp3) is 0.111. The van der Waals surface area contributed by atoms with Crippen LogP contribution in [-0.2, 0) is 4.79 Å². The van der Waals surface area contributed by atoms with Crippen molar-refractivity contribution >= 4 is 52.0 Å². The monoisotopic (exact) mass is 276 g/mol. The summed E-state index contributed by atoms with van der Waals surface area (Å²) in [5.74, 6) is -0.944. The second kappa shape index (κ2) is 4.53. The Labute approximate surface area is 105 Å². The van der Waals surface area contributed by atoms with Crippen LogP contribution in [0.2, 0.25) is 10.0 Å². The van der Waals surface area contributed by atoms with Crippen LogP contribution in [0.15, 0.2) is 17.3 Å². The molecule has 2 rings (SSSR count). The van der Waals surface area contributed by atoms with Gasteiger partial charge < -0.3 is 10.1 Å². The van der Waals surface area contributed by atoms with Crippen LogP contribution in [0.5, 0.6) is 0 Å². The number of fused-ring (bicyclic) bond motifs is 1. The van der Waals surface area contributed by atoms with Crippen LogP contribution in [-0.4, -0.2) is 26.8 Å². The number of aliphatic carboxylic acids is 1. The van der Waals surface area contributed by atoms with E-state index in [1.807, 2.05) is 0 Å². The lowest BCUT2D eigenvalue weighted by molar-refractivity contribution is -0.133. The maximum Gasteiger partial charge on any atom is 0.313 e. The number of hydrogen-bond acceptors (Lipinski definition) is 3. The molecule has 1 heterocycles. The Morgan fingerprint density at radius 1 is 1.50 bits per heavy atom. The molecule has 0 aliphatic carbocycles. The lowest BCUT2D eigenvalue weighted by Gasteiger charge is -1.92. The highest BCUT2D eigenvalue weighted by Gasteiger charge is 2.09. The summed E-state index contributed by atoms with van der Waals surface area (Å²) in [7, 11) is 0. The van der Waals surface area contributed by atoms with Crippen molar-refractivity contribution in [1.82, 2.24) is 9.97 Å². The average molecular weight is 277 g/mol. The first-order valence-corrected chi connectivity index (χ1v) is 6.00. The summed E-state index contributed by atoms with van der Waals surface area (Å²) in [5, 5.41) is 10.0. The van der Waals surface area contributed by atoms with Crippen LogP contribution in [0.1, 0.15) is 0 Å². The molecule has 0 amide bonds. The first-order chi connectivity index (χ1) is 7.56. The lowest BCUT2D eigenvalue weighted by Crippen LogP contribution is -1.97. The van der Waals surface area contributed by atoms with Gasteiger partial charge >= 0.3 is 5.97 Å². The molecular weight excluding hydrogens is 271 g/mol. The van der Waals surface area contributed by atoms with Crippen LogP contribution >= 0.6 is 35.0 Å². The van der Waals surface area contributed by atoms with Crippen molar-refractivity contribution in [2.24, 2.45) is 0 Å². The first kappa shape index (κ1) is 11.6. The van der Waals surface area contributed by atoms with Gasteiger partial charge in [-0.1, -0.05) is 35.0 Å². The second-order valence-electron chi connectivity index (χ2n) is 3.01. The first-order valence-electron chi connectivity index (χ1n) is 4.25. The zero-order valence-corrected chi connectivity index (χ0v) is 10.2. The molecule has 0 atom stereocenters. The van der Waals surface area contributed by atoms with Gasteiger partial charge in [-0.05, 0) is 12.1 Å². The molecule has 84 valence electrons. The van der Waals surface area contributed by atoms with Crippen LogP contribution in [0, 0.1) is 0 Å². The summed E-state index contributed by atoms with van der Waals surface area (Å²) in [6, 6.07) is 3.29. The van der Waals surface area contributed by atoms with Crippen molar-refractivity contribution in [3.63, 3.8) is 0 Å². The highest BCUT2D eigenvalue weighted by atomic mass is 35.5. The Bertz CT molecular complexity index is 556. The molecule has 1 aromatic heterocycles. The molecule has 0 spiro atoms. The van der Waals surface area contributed by atoms with Crippen LogP contribution in [0.4, 0.5) is 0 Å². The number of carboxylic acid groups (broad SMARTS) is 1. The number of H-pyrrole nitrogens is 1. The standard InChI is InChI=1S/C9H6Cl2N2O2S/c10-4-1-5(11)8-6(2-4)12-9(13-8)16-3-7(14)15/h1-2H,3H2,(H,12,13)(H,14,15). The van der Waals surface area contributed by atoms with Crippen molar-refractivity contribution in [1.29, 1.82) is 0 Å². The molecule has 2 N–H and O–H groups in total. The molecular formula is C9H6Cl2N2O2S. The third-order valence-corrected chi connectivity index (χ3v) is 3.18. The molecule has 4 nitrogen and oxygen atoms in total. The highest BCUT2D eigenvalue weighted by molar-refractivity contribution is 7.99. The summed E-state index contributed by atoms with van der Waals surface area (Å²) in [5.41, 5.74) is 1.30. The number of nitrogens with one attached hydrogen (secondary N) is 1. The van der Waals surface area contributed by atoms with Gasteiger partial charge in [-0.3, -0.25) is 4.79 Å². The van der Waals surface area contributed by atoms with Crippen molar-refractivity contribution in [3.05, 3.63) is 22.2 Å². The van der Waals surface area contributed by atoms with Crippen molar-refractivity contribution in [2.75, 3.05) is 5.75 Å². The van der Waals surface area contributed by atoms with Gasteiger partial charge in [0, 0.05) is 5.02 Å². The van der Waals surface area contributed by atoms with Crippen LogP contribution < -0.4 is 0 Å². The predicted molar refractivity (Wildman–Crippen MR) is 64.5 cm³/mol. The largest absolute Gasteiger partial charge is 0.481 e. The molecule has 16 heavy (non-hydrogen) atoms. The van der Waals surface area contributed by atoms with Gasteiger partial charge in [0.25, 0.3) is 0 Å². The van der Waals surface area contributed by atoms with E-state index in [-0.39, 0.29) is 5.75 Å². The Morgan fingerprint density at radius 2 is 2.25 bits per heavy atom. The van der Waals surface area contributed by atoms with Gasteiger partial charge in [0.1, 0.15) is 5.52 Å². The van der Waals surface area contributed by atoms with E-state index < -0.39 is 5.97 Å². The molecule has 0 saturated carbocycles. The minimum atomic E-state index is -0.894. The molecule has 1 aromatic carbocycles. The zero-order chi connectivity index (χ0) is 11.7. The molecule has 0 aliphatic rings. The minimum absolute atomic E-state index is 0.0504. The summed E-state index contributed by atoms with van der Waals surface area (Å²) in [6.45, 7) is 0. The third kappa shape index (κ3) is 2.42. The van der Waals surface area contributed by atoms with E-state index in [0.29, 0.717) is 26.2 Å². The number of hydrogen-bond donors (Lipinski definition) is 2. The van der Waals surface area contributed by atoms with Gasteiger partial charge in [-0.25, -0.2) is 4.98 Å². The normalized spacial score (nSPS) is 10.9. The minimum Gasteiger partial charge on any atom is -0.481 e. The van der Waals surface area contributed by atoms with E-state index in [0.717, 1.165) is 11.8 Å².